The Kier molecular flexibility index (Phi) is 6.61. The molecule has 0 saturated heterocycles. The summed E-state index contributed by atoms with van der Waals surface area (Å²) in [5, 5.41) is 10.7. The number of rotatable bonds is 5. The topological polar surface area (TPSA) is 40.5 Å². The summed E-state index contributed by atoms with van der Waals surface area (Å²) >= 11 is 1.57. The van der Waals surface area contributed by atoms with Crippen LogP contribution >= 0.6 is 11.3 Å². The highest BCUT2D eigenvalue weighted by molar-refractivity contribution is 7.10. The van der Waals surface area contributed by atoms with Crippen LogP contribution in [0.3, 0.4) is 0 Å². The van der Waals surface area contributed by atoms with Crippen LogP contribution in [0.5, 0.6) is 0 Å². The van der Waals surface area contributed by atoms with Crippen LogP contribution in [0.1, 0.15) is 37.1 Å². The van der Waals surface area contributed by atoms with Gasteiger partial charge in [-0.3, -0.25) is 4.79 Å². The van der Waals surface area contributed by atoms with E-state index in [1.54, 1.807) is 16.2 Å². The molecule has 1 rings (SSSR count). The van der Waals surface area contributed by atoms with E-state index in [1.165, 1.54) is 0 Å². The summed E-state index contributed by atoms with van der Waals surface area (Å²) in [6.07, 6.45) is 1.37. The van der Waals surface area contributed by atoms with E-state index in [4.69, 9.17) is 5.11 Å². The number of nitrogens with zero attached hydrogens (tertiary/aromatic N) is 1. The minimum atomic E-state index is 0.0763. The van der Waals surface area contributed by atoms with Crippen LogP contribution < -0.4 is 0 Å². The molecule has 0 aliphatic carbocycles. The maximum Gasteiger partial charge on any atom is 0.225 e. The van der Waals surface area contributed by atoms with E-state index in [0.717, 1.165) is 16.9 Å². The van der Waals surface area contributed by atoms with Gasteiger partial charge in [-0.2, -0.15) is 0 Å². The van der Waals surface area contributed by atoms with Crippen LogP contribution in [-0.4, -0.2) is 29.6 Å². The third-order valence-corrected chi connectivity index (χ3v) is 3.83. The van der Waals surface area contributed by atoms with Crippen LogP contribution in [0.25, 0.3) is 0 Å². The number of aliphatic hydroxyl groups excluding tert-OH is 1. The fraction of sp³-hybridized carbons (Fsp3) is 0.533. The second kappa shape index (κ2) is 7.98. The van der Waals surface area contributed by atoms with Crippen molar-refractivity contribution in [3.63, 3.8) is 0 Å². The highest BCUT2D eigenvalue weighted by atomic mass is 32.1. The Labute approximate surface area is 119 Å². The Bertz CT molecular complexity index is 470. The van der Waals surface area contributed by atoms with Crippen LogP contribution in [0.2, 0.25) is 0 Å². The Morgan fingerprint density at radius 3 is 2.95 bits per heavy atom. The van der Waals surface area contributed by atoms with E-state index < -0.39 is 0 Å². The lowest BCUT2D eigenvalue weighted by Gasteiger charge is -2.20. The van der Waals surface area contributed by atoms with Gasteiger partial charge in [0.15, 0.2) is 0 Å². The lowest BCUT2D eigenvalue weighted by Crippen LogP contribution is -2.30. The number of carbonyl (C=O) groups excluding carboxylic acids is 1. The minimum absolute atomic E-state index is 0.0763. The van der Waals surface area contributed by atoms with Crippen molar-refractivity contribution in [3.8, 4) is 11.8 Å². The van der Waals surface area contributed by atoms with Gasteiger partial charge in [-0.05, 0) is 23.4 Å². The molecular weight excluding hydrogens is 258 g/mol. The van der Waals surface area contributed by atoms with Crippen molar-refractivity contribution < 1.29 is 9.90 Å². The summed E-state index contributed by atoms with van der Waals surface area (Å²) in [4.78, 5) is 14.7. The smallest absolute Gasteiger partial charge is 0.225 e. The van der Waals surface area contributed by atoms with E-state index in [2.05, 4.69) is 11.8 Å². The molecule has 1 heterocycles. The lowest BCUT2D eigenvalue weighted by molar-refractivity contribution is -0.134. The monoisotopic (exact) mass is 279 g/mol. The van der Waals surface area contributed by atoms with Gasteiger partial charge in [0.2, 0.25) is 5.91 Å². The zero-order chi connectivity index (χ0) is 14.3. The molecule has 0 bridgehead atoms. The number of thiophene rings is 1. The Hall–Kier alpha value is -1.31. The molecule has 0 aromatic carbocycles. The first-order valence-electron chi connectivity index (χ1n) is 6.50. The van der Waals surface area contributed by atoms with E-state index in [1.807, 2.05) is 32.3 Å². The van der Waals surface area contributed by atoms with E-state index >= 15 is 0 Å². The normalized spacial score (nSPS) is 11.6. The fourth-order valence-corrected chi connectivity index (χ4v) is 2.40. The third-order valence-electron chi connectivity index (χ3n) is 2.93. The summed E-state index contributed by atoms with van der Waals surface area (Å²) in [5.41, 5.74) is 1.11. The number of hydrogen-bond donors (Lipinski definition) is 1. The molecule has 3 nitrogen and oxygen atoms in total. The molecule has 0 spiro atoms. The average molecular weight is 279 g/mol. The highest BCUT2D eigenvalue weighted by Crippen LogP contribution is 2.16. The van der Waals surface area contributed by atoms with Crippen molar-refractivity contribution in [2.45, 2.75) is 33.2 Å². The second-order valence-corrected chi connectivity index (χ2v) is 5.51. The molecule has 19 heavy (non-hydrogen) atoms. The second-order valence-electron chi connectivity index (χ2n) is 4.60. The van der Waals surface area contributed by atoms with Gasteiger partial charge in [0.05, 0.1) is 11.5 Å². The van der Waals surface area contributed by atoms with Crippen molar-refractivity contribution in [1.29, 1.82) is 0 Å². The predicted octanol–water partition coefficient (Wildman–Crippen LogP) is 2.49. The number of aliphatic hydroxyl groups is 1. The molecule has 0 radical (unpaired) electrons. The lowest BCUT2D eigenvalue weighted by atomic mass is 10.1. The van der Waals surface area contributed by atoms with Crippen molar-refractivity contribution in [1.82, 2.24) is 4.90 Å². The average Bonchev–Trinajstić information content (AvgIpc) is 2.84. The first kappa shape index (κ1) is 15.7. The minimum Gasteiger partial charge on any atom is -0.395 e. The summed E-state index contributed by atoms with van der Waals surface area (Å²) in [7, 11) is 1.84. The molecule has 4 heteroatoms. The van der Waals surface area contributed by atoms with Crippen molar-refractivity contribution in [2.75, 3.05) is 13.7 Å². The molecule has 1 amide bonds. The van der Waals surface area contributed by atoms with E-state index in [0.29, 0.717) is 13.0 Å². The van der Waals surface area contributed by atoms with E-state index in [-0.39, 0.29) is 18.4 Å². The quantitative estimate of drug-likeness (QED) is 0.841. The Morgan fingerprint density at radius 2 is 2.32 bits per heavy atom. The first-order chi connectivity index (χ1) is 9.08. The zero-order valence-electron chi connectivity index (χ0n) is 11.8. The van der Waals surface area contributed by atoms with Crippen LogP contribution in [0.15, 0.2) is 11.4 Å². The molecule has 0 saturated carbocycles. The Morgan fingerprint density at radius 1 is 1.58 bits per heavy atom. The summed E-state index contributed by atoms with van der Waals surface area (Å²) in [5.74, 6) is 6.16. The third kappa shape index (κ3) is 5.06. The SMILES string of the molecule is CCC(C)C(=O)N(C)Cc1csc(C#CCCO)c1. The predicted molar refractivity (Wildman–Crippen MR) is 78.8 cm³/mol. The first-order valence-corrected chi connectivity index (χ1v) is 7.38. The maximum atomic E-state index is 12.0. The molecule has 1 unspecified atom stereocenters. The molecule has 1 aromatic rings. The van der Waals surface area contributed by atoms with Gasteiger partial charge in [0.1, 0.15) is 0 Å². The van der Waals surface area contributed by atoms with Crippen LogP contribution in [0.4, 0.5) is 0 Å². The summed E-state index contributed by atoms with van der Waals surface area (Å²) in [6.45, 7) is 4.70. The molecule has 1 aromatic heterocycles. The number of hydrogen-bond acceptors (Lipinski definition) is 3. The molecule has 1 N–H and O–H groups in total. The molecule has 0 aliphatic rings. The number of amides is 1. The van der Waals surface area contributed by atoms with Gasteiger partial charge in [-0.1, -0.05) is 25.7 Å². The molecule has 104 valence electrons. The number of carbonyl (C=O) groups is 1. The van der Waals surface area contributed by atoms with Crippen molar-refractivity contribution in [2.24, 2.45) is 5.92 Å². The maximum absolute atomic E-state index is 12.0. The van der Waals surface area contributed by atoms with Gasteiger partial charge in [0.25, 0.3) is 0 Å². The van der Waals surface area contributed by atoms with Gasteiger partial charge < -0.3 is 10.0 Å². The van der Waals surface area contributed by atoms with Crippen LogP contribution in [-0.2, 0) is 11.3 Å². The van der Waals surface area contributed by atoms with Crippen LogP contribution in [0, 0.1) is 17.8 Å². The molecular formula is C15H21NO2S. The summed E-state index contributed by atoms with van der Waals surface area (Å²) < 4.78 is 0. The van der Waals surface area contributed by atoms with Gasteiger partial charge in [-0.25, -0.2) is 0 Å². The van der Waals surface area contributed by atoms with Gasteiger partial charge in [-0.15, -0.1) is 11.3 Å². The Balaban J connectivity index is 2.59. The zero-order valence-corrected chi connectivity index (χ0v) is 12.6. The van der Waals surface area contributed by atoms with Gasteiger partial charge >= 0.3 is 0 Å². The fourth-order valence-electron chi connectivity index (χ4n) is 1.63. The summed E-state index contributed by atoms with van der Waals surface area (Å²) in [6, 6.07) is 2.01. The molecule has 0 fully saturated rings. The standard InChI is InChI=1S/C15H21NO2S/c1-4-12(2)15(18)16(3)10-13-9-14(19-11-13)7-5-6-8-17/h9,11-12,17H,4,6,8,10H2,1-3H3. The highest BCUT2D eigenvalue weighted by Gasteiger charge is 2.15. The van der Waals surface area contributed by atoms with Crippen molar-refractivity contribution in [3.05, 3.63) is 21.9 Å². The van der Waals surface area contributed by atoms with E-state index in [9.17, 15) is 4.79 Å². The largest absolute Gasteiger partial charge is 0.395 e. The molecule has 1 atom stereocenters. The van der Waals surface area contributed by atoms with Gasteiger partial charge in [0, 0.05) is 25.9 Å². The van der Waals surface area contributed by atoms with Crippen molar-refractivity contribution >= 4 is 17.2 Å². The molecule has 0 aliphatic heterocycles.